The van der Waals surface area contributed by atoms with Gasteiger partial charge in [0.15, 0.2) is 5.69 Å². The van der Waals surface area contributed by atoms with Gasteiger partial charge in [-0.1, -0.05) is 0 Å². The van der Waals surface area contributed by atoms with Crippen molar-refractivity contribution < 1.29 is 14.6 Å². The standard InChI is InChI=1S/C14H15N3O3S/c1-9-6-17(7-12(20-9)10-2-3-21-8-10)13-5-15-11(4-16-13)14(18)19/h2-5,8-9,12H,6-7H2,1H3,(H,18,19). The summed E-state index contributed by atoms with van der Waals surface area (Å²) in [4.78, 5) is 21.0. The lowest BCUT2D eigenvalue weighted by atomic mass is 10.1. The van der Waals surface area contributed by atoms with E-state index in [-0.39, 0.29) is 17.9 Å². The molecule has 21 heavy (non-hydrogen) atoms. The Bertz CT molecular complexity index is 615. The Morgan fingerprint density at radius 2 is 2.29 bits per heavy atom. The normalized spacial score (nSPS) is 22.2. The zero-order chi connectivity index (χ0) is 14.8. The van der Waals surface area contributed by atoms with Gasteiger partial charge in [-0.3, -0.25) is 0 Å². The van der Waals surface area contributed by atoms with Gasteiger partial charge in [0, 0.05) is 13.1 Å². The van der Waals surface area contributed by atoms with Crippen molar-refractivity contribution in [1.29, 1.82) is 0 Å². The molecular formula is C14H15N3O3S. The lowest BCUT2D eigenvalue weighted by molar-refractivity contribution is -0.0174. The van der Waals surface area contributed by atoms with Gasteiger partial charge in [0.2, 0.25) is 0 Å². The molecule has 2 aromatic heterocycles. The molecule has 0 saturated carbocycles. The fraction of sp³-hybridized carbons (Fsp3) is 0.357. The van der Waals surface area contributed by atoms with Crippen molar-refractivity contribution in [3.8, 4) is 0 Å². The zero-order valence-corrected chi connectivity index (χ0v) is 12.3. The maximum Gasteiger partial charge on any atom is 0.356 e. The topological polar surface area (TPSA) is 75.6 Å². The van der Waals surface area contributed by atoms with Gasteiger partial charge in [-0.05, 0) is 29.3 Å². The first-order valence-corrected chi connectivity index (χ1v) is 7.55. The van der Waals surface area contributed by atoms with E-state index < -0.39 is 5.97 Å². The second-order valence-corrected chi connectivity index (χ2v) is 5.74. The fourth-order valence-electron chi connectivity index (χ4n) is 2.38. The highest BCUT2D eigenvalue weighted by atomic mass is 32.1. The van der Waals surface area contributed by atoms with E-state index in [1.807, 2.05) is 12.3 Å². The number of ether oxygens (including phenoxy) is 1. The molecule has 0 spiro atoms. The molecule has 7 heteroatoms. The van der Waals surface area contributed by atoms with Crippen LogP contribution in [-0.4, -0.2) is 40.2 Å². The minimum atomic E-state index is -1.07. The highest BCUT2D eigenvalue weighted by Gasteiger charge is 2.27. The summed E-state index contributed by atoms with van der Waals surface area (Å²) in [5.41, 5.74) is 1.11. The molecule has 1 aliphatic heterocycles. The minimum absolute atomic E-state index is 0.000880. The number of rotatable bonds is 3. The molecule has 1 saturated heterocycles. The molecule has 0 radical (unpaired) electrons. The maximum absolute atomic E-state index is 10.8. The molecule has 3 heterocycles. The Balaban J connectivity index is 1.79. The molecular weight excluding hydrogens is 290 g/mol. The number of nitrogens with zero attached hydrogens (tertiary/aromatic N) is 3. The fourth-order valence-corrected chi connectivity index (χ4v) is 3.08. The molecule has 1 aliphatic rings. The Morgan fingerprint density at radius 1 is 1.43 bits per heavy atom. The molecule has 2 aromatic rings. The molecule has 2 unspecified atom stereocenters. The first kappa shape index (κ1) is 14.0. The van der Waals surface area contributed by atoms with Gasteiger partial charge >= 0.3 is 5.97 Å². The van der Waals surface area contributed by atoms with Gasteiger partial charge in [0.25, 0.3) is 0 Å². The summed E-state index contributed by atoms with van der Waals surface area (Å²) in [7, 11) is 0. The van der Waals surface area contributed by atoms with E-state index in [0.29, 0.717) is 18.9 Å². The molecule has 0 bridgehead atoms. The lowest BCUT2D eigenvalue weighted by Crippen LogP contribution is -2.43. The summed E-state index contributed by atoms with van der Waals surface area (Å²) in [5.74, 6) is -0.393. The molecule has 2 atom stereocenters. The van der Waals surface area contributed by atoms with Crippen LogP contribution < -0.4 is 4.90 Å². The highest BCUT2D eigenvalue weighted by molar-refractivity contribution is 7.07. The van der Waals surface area contributed by atoms with Crippen LogP contribution in [0.15, 0.2) is 29.2 Å². The summed E-state index contributed by atoms with van der Waals surface area (Å²) < 4.78 is 5.97. The maximum atomic E-state index is 10.8. The third-order valence-corrected chi connectivity index (χ3v) is 4.06. The number of carbonyl (C=O) groups is 1. The molecule has 6 nitrogen and oxygen atoms in total. The number of hydrogen-bond donors (Lipinski definition) is 1. The van der Waals surface area contributed by atoms with Gasteiger partial charge in [-0.2, -0.15) is 11.3 Å². The Morgan fingerprint density at radius 3 is 2.90 bits per heavy atom. The lowest BCUT2D eigenvalue weighted by Gasteiger charge is -2.37. The predicted octanol–water partition coefficient (Wildman–Crippen LogP) is 2.20. The summed E-state index contributed by atoms with van der Waals surface area (Å²) in [6, 6.07) is 2.06. The number of aromatic nitrogens is 2. The van der Waals surface area contributed by atoms with Gasteiger partial charge in [0.1, 0.15) is 11.9 Å². The summed E-state index contributed by atoms with van der Waals surface area (Å²) >= 11 is 1.64. The number of aromatic carboxylic acids is 1. The number of anilines is 1. The van der Waals surface area contributed by atoms with E-state index in [1.54, 1.807) is 11.3 Å². The third kappa shape index (κ3) is 3.03. The van der Waals surface area contributed by atoms with Gasteiger partial charge in [-0.15, -0.1) is 0 Å². The van der Waals surface area contributed by atoms with E-state index in [1.165, 1.54) is 12.4 Å². The van der Waals surface area contributed by atoms with Gasteiger partial charge < -0.3 is 14.7 Å². The quantitative estimate of drug-likeness (QED) is 0.937. The molecule has 0 aliphatic carbocycles. The summed E-state index contributed by atoms with van der Waals surface area (Å²) in [6.07, 6.45) is 2.87. The minimum Gasteiger partial charge on any atom is -0.476 e. The monoisotopic (exact) mass is 305 g/mol. The van der Waals surface area contributed by atoms with Crippen LogP contribution in [0.3, 0.4) is 0 Å². The third-order valence-electron chi connectivity index (χ3n) is 3.36. The van der Waals surface area contributed by atoms with Gasteiger partial charge in [-0.25, -0.2) is 14.8 Å². The van der Waals surface area contributed by atoms with Crippen molar-refractivity contribution in [1.82, 2.24) is 9.97 Å². The zero-order valence-electron chi connectivity index (χ0n) is 11.5. The molecule has 0 amide bonds. The van der Waals surface area contributed by atoms with E-state index >= 15 is 0 Å². The molecule has 0 aromatic carbocycles. The van der Waals surface area contributed by atoms with Crippen molar-refractivity contribution in [2.75, 3.05) is 18.0 Å². The SMILES string of the molecule is CC1CN(c2cnc(C(=O)O)cn2)CC(c2ccsc2)O1. The molecule has 110 valence electrons. The molecule has 1 fully saturated rings. The van der Waals surface area contributed by atoms with E-state index in [9.17, 15) is 4.79 Å². The largest absolute Gasteiger partial charge is 0.476 e. The van der Waals surface area contributed by atoms with Crippen LogP contribution in [0, 0.1) is 0 Å². The van der Waals surface area contributed by atoms with Crippen LogP contribution >= 0.6 is 11.3 Å². The second-order valence-electron chi connectivity index (χ2n) is 4.96. The van der Waals surface area contributed by atoms with E-state index in [4.69, 9.17) is 9.84 Å². The average Bonchev–Trinajstić information content (AvgIpc) is 3.01. The Labute approximate surface area is 126 Å². The average molecular weight is 305 g/mol. The van der Waals surface area contributed by atoms with Crippen LogP contribution in [0.25, 0.3) is 0 Å². The summed E-state index contributed by atoms with van der Waals surface area (Å²) in [6.45, 7) is 3.41. The number of carboxylic acids is 1. The van der Waals surface area contributed by atoms with Gasteiger partial charge in [0.05, 0.1) is 18.5 Å². The first-order valence-electron chi connectivity index (χ1n) is 6.61. The number of hydrogen-bond acceptors (Lipinski definition) is 6. The van der Waals surface area contributed by atoms with Crippen molar-refractivity contribution in [2.24, 2.45) is 0 Å². The number of morpholine rings is 1. The molecule has 1 N–H and O–H groups in total. The van der Waals surface area contributed by atoms with Crippen LogP contribution in [-0.2, 0) is 4.74 Å². The number of thiophene rings is 1. The summed E-state index contributed by atoms with van der Waals surface area (Å²) in [5, 5.41) is 13.0. The Hall–Kier alpha value is -1.99. The van der Waals surface area contributed by atoms with E-state index in [0.717, 1.165) is 5.56 Å². The van der Waals surface area contributed by atoms with Crippen LogP contribution in [0.5, 0.6) is 0 Å². The van der Waals surface area contributed by atoms with Crippen molar-refractivity contribution in [2.45, 2.75) is 19.1 Å². The van der Waals surface area contributed by atoms with Crippen LogP contribution in [0.1, 0.15) is 29.1 Å². The van der Waals surface area contributed by atoms with Crippen molar-refractivity contribution >= 4 is 23.1 Å². The Kier molecular flexibility index (Phi) is 3.85. The van der Waals surface area contributed by atoms with E-state index in [2.05, 4.69) is 26.3 Å². The predicted molar refractivity (Wildman–Crippen MR) is 78.8 cm³/mol. The van der Waals surface area contributed by atoms with Crippen LogP contribution in [0.2, 0.25) is 0 Å². The van der Waals surface area contributed by atoms with Crippen LogP contribution in [0.4, 0.5) is 5.82 Å². The highest BCUT2D eigenvalue weighted by Crippen LogP contribution is 2.28. The van der Waals surface area contributed by atoms with Crippen molar-refractivity contribution in [3.63, 3.8) is 0 Å². The first-order chi connectivity index (χ1) is 10.1. The smallest absolute Gasteiger partial charge is 0.356 e. The second kappa shape index (κ2) is 5.79. The van der Waals surface area contributed by atoms with Crippen molar-refractivity contribution in [3.05, 3.63) is 40.5 Å². The molecule has 3 rings (SSSR count). The number of carboxylic acid groups (broad SMARTS) is 1.